The predicted molar refractivity (Wildman–Crippen MR) is 65.2 cm³/mol. The summed E-state index contributed by atoms with van der Waals surface area (Å²) in [6, 6.07) is 0.894. The summed E-state index contributed by atoms with van der Waals surface area (Å²) in [7, 11) is -3.72. The van der Waals surface area contributed by atoms with E-state index in [9.17, 15) is 13.2 Å². The molecule has 0 radical (unpaired) electrons. The lowest BCUT2D eigenvalue weighted by atomic mass is 10.1. The fourth-order valence-corrected chi connectivity index (χ4v) is 3.52. The Morgan fingerprint density at radius 2 is 2.17 bits per heavy atom. The van der Waals surface area contributed by atoms with Gasteiger partial charge in [-0.1, -0.05) is 19.8 Å². The van der Waals surface area contributed by atoms with Gasteiger partial charge in [-0.2, -0.15) is 5.26 Å². The van der Waals surface area contributed by atoms with Crippen molar-refractivity contribution in [3.8, 4) is 6.07 Å². The van der Waals surface area contributed by atoms with Gasteiger partial charge in [0, 0.05) is 0 Å². The number of hydrogen-bond donors (Lipinski definition) is 2. The second-order valence-electron chi connectivity index (χ2n) is 4.80. The van der Waals surface area contributed by atoms with E-state index < -0.39 is 27.4 Å². The quantitative estimate of drug-likeness (QED) is 0.682. The topological polar surface area (TPSA) is 107 Å². The molecule has 1 aliphatic rings. The lowest BCUT2D eigenvalue weighted by Crippen LogP contribution is -2.43. The molecule has 7 heteroatoms. The maximum atomic E-state index is 11.8. The van der Waals surface area contributed by atoms with Crippen molar-refractivity contribution in [2.75, 3.05) is 5.75 Å². The van der Waals surface area contributed by atoms with Crippen LogP contribution in [0.25, 0.3) is 0 Å². The summed E-state index contributed by atoms with van der Waals surface area (Å²) in [5.41, 5.74) is -0.792. The van der Waals surface area contributed by atoms with Crippen molar-refractivity contribution in [3.05, 3.63) is 0 Å². The van der Waals surface area contributed by atoms with Crippen LogP contribution in [0.5, 0.6) is 0 Å². The standard InChI is InChI=1S/C11H18N2O4S/c1-2-3-4-9(10(14)15)13-18(16,17)8-11(7-12)5-6-11/h9,13H,2-6,8H2,1H3,(H,14,15). The molecule has 1 atom stereocenters. The van der Waals surface area contributed by atoms with E-state index in [0.717, 1.165) is 6.42 Å². The molecule has 1 unspecified atom stereocenters. The summed E-state index contributed by atoms with van der Waals surface area (Å²) in [5, 5.41) is 17.8. The zero-order chi connectivity index (χ0) is 13.8. The van der Waals surface area contributed by atoms with Crippen LogP contribution in [0.3, 0.4) is 0 Å². The van der Waals surface area contributed by atoms with Gasteiger partial charge in [-0.05, 0) is 19.3 Å². The molecule has 0 aromatic carbocycles. The molecule has 0 spiro atoms. The van der Waals surface area contributed by atoms with Crippen LogP contribution in [0.2, 0.25) is 0 Å². The monoisotopic (exact) mass is 274 g/mol. The Morgan fingerprint density at radius 3 is 2.56 bits per heavy atom. The van der Waals surface area contributed by atoms with Crippen molar-refractivity contribution < 1.29 is 18.3 Å². The Morgan fingerprint density at radius 1 is 1.56 bits per heavy atom. The van der Waals surface area contributed by atoms with Crippen molar-refractivity contribution >= 4 is 16.0 Å². The fraction of sp³-hybridized carbons (Fsp3) is 0.818. The van der Waals surface area contributed by atoms with Crippen LogP contribution in [-0.2, 0) is 14.8 Å². The second-order valence-corrected chi connectivity index (χ2v) is 6.56. The van der Waals surface area contributed by atoms with E-state index in [1.165, 1.54) is 0 Å². The first-order valence-electron chi connectivity index (χ1n) is 5.98. The Bertz CT molecular complexity index is 448. The lowest BCUT2D eigenvalue weighted by Gasteiger charge is -2.15. The number of sulfonamides is 1. The molecule has 18 heavy (non-hydrogen) atoms. The lowest BCUT2D eigenvalue weighted by molar-refractivity contribution is -0.139. The molecular weight excluding hydrogens is 256 g/mol. The van der Waals surface area contributed by atoms with E-state index in [0.29, 0.717) is 19.3 Å². The molecule has 1 fully saturated rings. The number of carboxylic acid groups (broad SMARTS) is 1. The molecule has 1 rings (SSSR count). The van der Waals surface area contributed by atoms with Gasteiger partial charge in [0.05, 0.1) is 17.2 Å². The van der Waals surface area contributed by atoms with Crippen LogP contribution in [0.4, 0.5) is 0 Å². The molecule has 2 N–H and O–H groups in total. The van der Waals surface area contributed by atoms with Crippen molar-refractivity contribution in [1.82, 2.24) is 4.72 Å². The Labute approximate surface area is 107 Å². The first kappa shape index (κ1) is 14.9. The van der Waals surface area contributed by atoms with E-state index in [1.807, 2.05) is 13.0 Å². The minimum atomic E-state index is -3.72. The smallest absolute Gasteiger partial charge is 0.321 e. The molecule has 1 aliphatic carbocycles. The summed E-state index contributed by atoms with van der Waals surface area (Å²) in [4.78, 5) is 10.9. The molecule has 0 saturated heterocycles. The fourth-order valence-electron chi connectivity index (χ4n) is 1.70. The van der Waals surface area contributed by atoms with Crippen LogP contribution in [0.15, 0.2) is 0 Å². The third kappa shape index (κ3) is 4.27. The molecule has 0 heterocycles. The number of carbonyl (C=O) groups is 1. The molecule has 0 bridgehead atoms. The summed E-state index contributed by atoms with van der Waals surface area (Å²) in [6.45, 7) is 1.91. The van der Waals surface area contributed by atoms with Crippen molar-refractivity contribution in [2.24, 2.45) is 5.41 Å². The van der Waals surface area contributed by atoms with Gasteiger partial charge in [0.2, 0.25) is 10.0 Å². The minimum Gasteiger partial charge on any atom is -0.480 e. The Hall–Kier alpha value is -1.13. The Kier molecular flexibility index (Phi) is 4.71. The van der Waals surface area contributed by atoms with Gasteiger partial charge in [0.1, 0.15) is 6.04 Å². The highest BCUT2D eigenvalue weighted by molar-refractivity contribution is 7.89. The maximum absolute atomic E-state index is 11.8. The highest BCUT2D eigenvalue weighted by atomic mass is 32.2. The second kappa shape index (κ2) is 5.67. The van der Waals surface area contributed by atoms with Crippen LogP contribution < -0.4 is 4.72 Å². The van der Waals surface area contributed by atoms with Gasteiger partial charge in [0.25, 0.3) is 0 Å². The number of hydrogen-bond acceptors (Lipinski definition) is 4. The average Bonchev–Trinajstić information content (AvgIpc) is 3.03. The van der Waals surface area contributed by atoms with Crippen molar-refractivity contribution in [3.63, 3.8) is 0 Å². The molecule has 0 aliphatic heterocycles. The molecule has 0 aromatic heterocycles. The van der Waals surface area contributed by atoms with Gasteiger partial charge in [-0.25, -0.2) is 13.1 Å². The van der Waals surface area contributed by atoms with Gasteiger partial charge in [0.15, 0.2) is 0 Å². The van der Waals surface area contributed by atoms with Gasteiger partial charge in [-0.3, -0.25) is 4.79 Å². The summed E-state index contributed by atoms with van der Waals surface area (Å²) in [6.07, 6.45) is 2.84. The largest absolute Gasteiger partial charge is 0.480 e. The molecule has 6 nitrogen and oxygen atoms in total. The predicted octanol–water partition coefficient (Wildman–Crippen LogP) is 0.853. The highest BCUT2D eigenvalue weighted by Crippen LogP contribution is 2.45. The summed E-state index contributed by atoms with van der Waals surface area (Å²) < 4.78 is 25.8. The normalized spacial score (nSPS) is 18.9. The number of nitrogens with zero attached hydrogens (tertiary/aromatic N) is 1. The minimum absolute atomic E-state index is 0.268. The van der Waals surface area contributed by atoms with E-state index in [4.69, 9.17) is 10.4 Å². The summed E-state index contributed by atoms with van der Waals surface area (Å²) >= 11 is 0. The van der Waals surface area contributed by atoms with E-state index in [1.54, 1.807) is 0 Å². The molecule has 0 aromatic rings. The first-order chi connectivity index (χ1) is 8.34. The first-order valence-corrected chi connectivity index (χ1v) is 7.63. The molecule has 102 valence electrons. The van der Waals surface area contributed by atoms with E-state index in [-0.39, 0.29) is 12.2 Å². The highest BCUT2D eigenvalue weighted by Gasteiger charge is 2.47. The van der Waals surface area contributed by atoms with Crippen molar-refractivity contribution in [1.29, 1.82) is 5.26 Å². The number of nitrogens with one attached hydrogen (secondary N) is 1. The van der Waals surface area contributed by atoms with Crippen LogP contribution in [0.1, 0.15) is 39.0 Å². The number of unbranched alkanes of at least 4 members (excludes halogenated alkanes) is 1. The molecular formula is C11H18N2O4S. The number of rotatable bonds is 8. The maximum Gasteiger partial charge on any atom is 0.321 e. The van der Waals surface area contributed by atoms with Crippen molar-refractivity contribution in [2.45, 2.75) is 45.1 Å². The van der Waals surface area contributed by atoms with E-state index in [2.05, 4.69) is 4.72 Å². The SMILES string of the molecule is CCCCC(NS(=O)(=O)CC1(C#N)CC1)C(=O)O. The number of aliphatic carboxylic acids is 1. The number of nitriles is 1. The molecule has 1 saturated carbocycles. The van der Waals surface area contributed by atoms with Crippen LogP contribution in [-0.4, -0.2) is 31.3 Å². The van der Waals surface area contributed by atoms with Crippen LogP contribution in [0, 0.1) is 16.7 Å². The number of carboxylic acids is 1. The average molecular weight is 274 g/mol. The van der Waals surface area contributed by atoms with Gasteiger partial charge < -0.3 is 5.11 Å². The van der Waals surface area contributed by atoms with E-state index >= 15 is 0 Å². The third-order valence-electron chi connectivity index (χ3n) is 3.02. The zero-order valence-electron chi connectivity index (χ0n) is 10.3. The molecule has 0 amide bonds. The van der Waals surface area contributed by atoms with Gasteiger partial charge >= 0.3 is 5.97 Å². The summed E-state index contributed by atoms with van der Waals surface area (Å²) in [5.74, 6) is -1.47. The zero-order valence-corrected chi connectivity index (χ0v) is 11.2. The van der Waals surface area contributed by atoms with Gasteiger partial charge in [-0.15, -0.1) is 0 Å². The van der Waals surface area contributed by atoms with Crippen LogP contribution >= 0.6 is 0 Å². The Balaban J connectivity index is 2.62. The third-order valence-corrected chi connectivity index (χ3v) is 4.60.